The molecule has 0 radical (unpaired) electrons. The highest BCUT2D eigenvalue weighted by molar-refractivity contribution is 7.89. The van der Waals surface area contributed by atoms with Crippen molar-refractivity contribution >= 4 is 21.4 Å². The molecule has 0 spiro atoms. The predicted molar refractivity (Wildman–Crippen MR) is 114 cm³/mol. The van der Waals surface area contributed by atoms with Crippen LogP contribution in [0.4, 0.5) is 0 Å². The maximum absolute atomic E-state index is 13.1. The summed E-state index contributed by atoms with van der Waals surface area (Å²) in [6.07, 6.45) is 0.771. The van der Waals surface area contributed by atoms with Crippen LogP contribution in [0.3, 0.4) is 0 Å². The summed E-state index contributed by atoms with van der Waals surface area (Å²) in [6.45, 7) is 3.52. The number of ether oxygens (including phenoxy) is 2. The quantitative estimate of drug-likeness (QED) is 0.570. The Balaban J connectivity index is 1.22. The first-order chi connectivity index (χ1) is 15.1. The Morgan fingerprint density at radius 2 is 1.84 bits per heavy atom. The van der Waals surface area contributed by atoms with Gasteiger partial charge in [-0.05, 0) is 23.6 Å². The number of benzene rings is 1. The molecule has 2 aliphatic heterocycles. The van der Waals surface area contributed by atoms with E-state index in [1.807, 2.05) is 16.8 Å². The molecule has 5 rings (SSSR count). The zero-order valence-electron chi connectivity index (χ0n) is 16.8. The first kappa shape index (κ1) is 20.4. The van der Waals surface area contributed by atoms with Crippen molar-refractivity contribution < 1.29 is 22.4 Å². The number of hydrogen-bond acceptors (Lipinski definition) is 9. The Kier molecular flexibility index (Phi) is 5.65. The normalized spacial score (nSPS) is 18.1. The summed E-state index contributed by atoms with van der Waals surface area (Å²) in [6, 6.07) is 6.76. The van der Waals surface area contributed by atoms with Crippen LogP contribution in [0, 0.1) is 0 Å². The first-order valence-corrected chi connectivity index (χ1v) is 12.5. The molecule has 1 saturated heterocycles. The predicted octanol–water partition coefficient (Wildman–Crippen LogP) is 2.47. The zero-order valence-corrected chi connectivity index (χ0v) is 18.4. The van der Waals surface area contributed by atoms with Crippen LogP contribution in [0.1, 0.15) is 12.3 Å². The van der Waals surface area contributed by atoms with Crippen molar-refractivity contribution in [2.24, 2.45) is 0 Å². The van der Waals surface area contributed by atoms with Gasteiger partial charge in [0.1, 0.15) is 0 Å². The minimum absolute atomic E-state index is 0.225. The molecule has 1 fully saturated rings. The standard InChI is InChI=1S/C20H22N4O5S2/c25-31(26,16-2-3-17-18(12-16)28-10-1-9-27-17)24-7-5-23(6-8-24)13-19-21-20(22-29-19)15-4-11-30-14-15/h2-4,11-12,14H,1,5-10,13H2. The summed E-state index contributed by atoms with van der Waals surface area (Å²) in [5.41, 5.74) is 0.936. The molecule has 9 nitrogen and oxygen atoms in total. The maximum Gasteiger partial charge on any atom is 0.243 e. The van der Waals surface area contributed by atoms with Crippen molar-refractivity contribution in [2.75, 3.05) is 39.4 Å². The maximum atomic E-state index is 13.1. The first-order valence-electron chi connectivity index (χ1n) is 10.1. The molecule has 31 heavy (non-hydrogen) atoms. The molecule has 2 aliphatic rings. The fourth-order valence-electron chi connectivity index (χ4n) is 3.60. The van der Waals surface area contributed by atoms with Gasteiger partial charge in [-0.25, -0.2) is 8.42 Å². The van der Waals surface area contributed by atoms with E-state index in [1.54, 1.807) is 29.5 Å². The minimum Gasteiger partial charge on any atom is -0.490 e. The Morgan fingerprint density at radius 3 is 2.61 bits per heavy atom. The molecule has 1 aromatic carbocycles. The van der Waals surface area contributed by atoms with Crippen molar-refractivity contribution in [3.8, 4) is 22.9 Å². The Bertz CT molecular complexity index is 1140. The van der Waals surface area contributed by atoms with Crippen molar-refractivity contribution in [1.82, 2.24) is 19.3 Å². The molecule has 2 aromatic heterocycles. The van der Waals surface area contributed by atoms with Crippen molar-refractivity contribution in [1.29, 1.82) is 0 Å². The monoisotopic (exact) mass is 462 g/mol. The van der Waals surface area contributed by atoms with E-state index in [9.17, 15) is 8.42 Å². The third kappa shape index (κ3) is 4.31. The molecule has 0 atom stereocenters. The van der Waals surface area contributed by atoms with Crippen LogP contribution in [-0.2, 0) is 16.6 Å². The Hall–Kier alpha value is -2.47. The summed E-state index contributed by atoms with van der Waals surface area (Å²) in [4.78, 5) is 6.78. The van der Waals surface area contributed by atoms with Gasteiger partial charge in [0.2, 0.25) is 21.7 Å². The summed E-state index contributed by atoms with van der Waals surface area (Å²) in [7, 11) is -3.61. The van der Waals surface area contributed by atoms with Crippen molar-refractivity contribution in [3.63, 3.8) is 0 Å². The number of hydrogen-bond donors (Lipinski definition) is 0. The second-order valence-electron chi connectivity index (χ2n) is 7.36. The van der Waals surface area contributed by atoms with Crippen LogP contribution < -0.4 is 9.47 Å². The van der Waals surface area contributed by atoms with Crippen LogP contribution >= 0.6 is 11.3 Å². The molecule has 11 heteroatoms. The number of sulfonamides is 1. The lowest BCUT2D eigenvalue weighted by atomic mass is 10.3. The third-order valence-corrected chi connectivity index (χ3v) is 7.87. The van der Waals surface area contributed by atoms with Gasteiger partial charge in [-0.1, -0.05) is 5.16 Å². The summed E-state index contributed by atoms with van der Waals surface area (Å²) < 4.78 is 44.4. The van der Waals surface area contributed by atoms with Gasteiger partial charge in [0.15, 0.2) is 11.5 Å². The van der Waals surface area contributed by atoms with E-state index in [1.165, 1.54) is 4.31 Å². The fourth-order valence-corrected chi connectivity index (χ4v) is 5.67. The lowest BCUT2D eigenvalue weighted by Gasteiger charge is -2.33. The molecule has 0 saturated carbocycles. The van der Waals surface area contributed by atoms with Gasteiger partial charge < -0.3 is 14.0 Å². The number of piperazine rings is 1. The molecular weight excluding hydrogens is 440 g/mol. The van der Waals surface area contributed by atoms with Crippen LogP contribution in [0.15, 0.2) is 44.4 Å². The number of rotatable bonds is 5. The van der Waals surface area contributed by atoms with Gasteiger partial charge in [0.05, 0.1) is 24.7 Å². The van der Waals surface area contributed by atoms with Gasteiger partial charge in [-0.15, -0.1) is 0 Å². The average molecular weight is 463 g/mol. The number of aromatic nitrogens is 2. The van der Waals surface area contributed by atoms with E-state index in [-0.39, 0.29) is 4.90 Å². The van der Waals surface area contributed by atoms with Gasteiger partial charge >= 0.3 is 0 Å². The number of fused-ring (bicyclic) bond motifs is 1. The highest BCUT2D eigenvalue weighted by Gasteiger charge is 2.30. The second-order valence-corrected chi connectivity index (χ2v) is 10.1. The summed E-state index contributed by atoms with van der Waals surface area (Å²) in [5.74, 6) is 2.17. The molecule has 164 valence electrons. The number of nitrogens with zero attached hydrogens (tertiary/aromatic N) is 4. The topological polar surface area (TPSA) is 98.0 Å². The van der Waals surface area contributed by atoms with Gasteiger partial charge in [-0.2, -0.15) is 20.6 Å². The van der Waals surface area contributed by atoms with Crippen LogP contribution in [0.25, 0.3) is 11.4 Å². The molecular formula is C20H22N4O5S2. The van der Waals surface area contributed by atoms with Crippen LogP contribution in [0.5, 0.6) is 11.5 Å². The van der Waals surface area contributed by atoms with Crippen molar-refractivity contribution in [3.05, 3.63) is 40.9 Å². The van der Waals surface area contributed by atoms with Crippen LogP contribution in [-0.4, -0.2) is 67.2 Å². The van der Waals surface area contributed by atoms with E-state index in [0.29, 0.717) is 69.2 Å². The minimum atomic E-state index is -3.61. The largest absolute Gasteiger partial charge is 0.490 e. The molecule has 0 unspecified atom stereocenters. The summed E-state index contributed by atoms with van der Waals surface area (Å²) >= 11 is 1.58. The Labute approximate surface area is 184 Å². The van der Waals surface area contributed by atoms with Gasteiger partial charge in [0.25, 0.3) is 0 Å². The van der Waals surface area contributed by atoms with E-state index >= 15 is 0 Å². The van der Waals surface area contributed by atoms with E-state index in [4.69, 9.17) is 14.0 Å². The van der Waals surface area contributed by atoms with E-state index in [0.717, 1.165) is 12.0 Å². The molecule has 0 bridgehead atoms. The fraction of sp³-hybridized carbons (Fsp3) is 0.400. The lowest BCUT2D eigenvalue weighted by Crippen LogP contribution is -2.48. The molecule has 0 amide bonds. The van der Waals surface area contributed by atoms with Gasteiger partial charge in [-0.3, -0.25) is 4.90 Å². The van der Waals surface area contributed by atoms with E-state index in [2.05, 4.69) is 15.0 Å². The second kappa shape index (κ2) is 8.58. The molecule has 0 N–H and O–H groups in total. The van der Waals surface area contributed by atoms with Crippen molar-refractivity contribution in [2.45, 2.75) is 17.9 Å². The van der Waals surface area contributed by atoms with Crippen LogP contribution in [0.2, 0.25) is 0 Å². The summed E-state index contributed by atoms with van der Waals surface area (Å²) in [5, 5.41) is 7.96. The average Bonchev–Trinajstić information content (AvgIpc) is 3.41. The van der Waals surface area contributed by atoms with E-state index < -0.39 is 10.0 Å². The highest BCUT2D eigenvalue weighted by atomic mass is 32.2. The van der Waals surface area contributed by atoms with Gasteiger partial charge in [0, 0.05) is 49.6 Å². The lowest BCUT2D eigenvalue weighted by molar-refractivity contribution is 0.163. The number of thiophene rings is 1. The third-order valence-electron chi connectivity index (χ3n) is 5.29. The molecule has 4 heterocycles. The Morgan fingerprint density at radius 1 is 1.03 bits per heavy atom. The zero-order chi connectivity index (χ0) is 21.3. The smallest absolute Gasteiger partial charge is 0.243 e. The molecule has 0 aliphatic carbocycles. The highest BCUT2D eigenvalue weighted by Crippen LogP contribution is 2.33. The SMILES string of the molecule is O=S(=O)(c1ccc2c(c1)OCCCO2)N1CCN(Cc2nc(-c3ccsc3)no2)CC1. The molecule has 3 aromatic rings.